The lowest BCUT2D eigenvalue weighted by Crippen LogP contribution is -2.28. The molecule has 1 N–H and O–H groups in total. The summed E-state index contributed by atoms with van der Waals surface area (Å²) in [5.41, 5.74) is 4.81. The van der Waals surface area contributed by atoms with Crippen LogP contribution in [0, 0.1) is 0 Å². The number of aryl methyl sites for hydroxylation is 1. The lowest BCUT2D eigenvalue weighted by molar-refractivity contribution is 0.0955. The Balaban J connectivity index is 1.68. The number of benzene rings is 2. The zero-order valence-corrected chi connectivity index (χ0v) is 16.1. The Kier molecular flexibility index (Phi) is 6.03. The maximum Gasteiger partial charge on any atom is 0.271 e. The molecule has 7 heteroatoms. The van der Waals surface area contributed by atoms with E-state index in [1.165, 1.54) is 22.0 Å². The topological polar surface area (TPSA) is 78.8 Å². The average Bonchev–Trinajstić information content (AvgIpc) is 3.24. The van der Waals surface area contributed by atoms with Crippen molar-refractivity contribution in [3.05, 3.63) is 65.2 Å². The highest BCUT2D eigenvalue weighted by molar-refractivity contribution is 7.89. The molecular weight excluding hydrogens is 362 g/mol. The molecule has 0 aliphatic carbocycles. The van der Waals surface area contributed by atoms with E-state index in [0.29, 0.717) is 13.1 Å². The van der Waals surface area contributed by atoms with Gasteiger partial charge in [0.25, 0.3) is 5.91 Å². The Morgan fingerprint density at radius 2 is 1.85 bits per heavy atom. The molecule has 0 unspecified atom stereocenters. The fourth-order valence-electron chi connectivity index (χ4n) is 2.94. The molecule has 1 aliphatic heterocycles. The molecule has 0 spiro atoms. The summed E-state index contributed by atoms with van der Waals surface area (Å²) in [6, 6.07) is 13.9. The van der Waals surface area contributed by atoms with Crippen molar-refractivity contribution in [2.45, 2.75) is 31.1 Å². The molecule has 0 saturated carbocycles. The number of hydrogen-bond donors (Lipinski definition) is 1. The second kappa shape index (κ2) is 8.45. The van der Waals surface area contributed by atoms with Crippen molar-refractivity contribution in [2.75, 3.05) is 13.1 Å². The van der Waals surface area contributed by atoms with E-state index < -0.39 is 15.9 Å². The number of nitrogens with one attached hydrogen (secondary N) is 1. The summed E-state index contributed by atoms with van der Waals surface area (Å²) in [4.78, 5) is 12.4. The molecule has 1 heterocycles. The summed E-state index contributed by atoms with van der Waals surface area (Å²) in [5.74, 6) is -0.449. The van der Waals surface area contributed by atoms with Gasteiger partial charge in [-0.3, -0.25) is 4.79 Å². The second-order valence-corrected chi connectivity index (χ2v) is 8.37. The van der Waals surface area contributed by atoms with Crippen molar-refractivity contribution < 1.29 is 13.2 Å². The summed E-state index contributed by atoms with van der Waals surface area (Å²) < 4.78 is 26.7. The molecule has 6 nitrogen and oxygen atoms in total. The zero-order chi connectivity index (χ0) is 19.3. The predicted octanol–water partition coefficient (Wildman–Crippen LogP) is 2.80. The Morgan fingerprint density at radius 3 is 2.52 bits per heavy atom. The van der Waals surface area contributed by atoms with E-state index in [9.17, 15) is 13.2 Å². The van der Waals surface area contributed by atoms with Crippen LogP contribution in [-0.2, 0) is 16.4 Å². The molecule has 3 rings (SSSR count). The standard InChI is InChI=1S/C20H23N3O3S/c1-2-16-8-10-17(11-9-16)15-21-22-20(24)18-6-5-7-19(14-18)27(25,26)23-12-3-4-13-23/h5-11,14-15H,2-4,12-13H2,1H3,(H,22,24)/b21-15-. The molecule has 1 aliphatic rings. The first-order chi connectivity index (χ1) is 13.0. The molecule has 0 atom stereocenters. The quantitative estimate of drug-likeness (QED) is 0.613. The Morgan fingerprint density at radius 1 is 1.15 bits per heavy atom. The zero-order valence-electron chi connectivity index (χ0n) is 15.3. The summed E-state index contributed by atoms with van der Waals surface area (Å²) in [7, 11) is -3.55. The molecule has 2 aromatic rings. The molecule has 27 heavy (non-hydrogen) atoms. The van der Waals surface area contributed by atoms with Crippen molar-refractivity contribution in [2.24, 2.45) is 5.10 Å². The van der Waals surface area contributed by atoms with E-state index in [4.69, 9.17) is 0 Å². The lowest BCUT2D eigenvalue weighted by atomic mass is 10.1. The number of nitrogens with zero attached hydrogens (tertiary/aromatic N) is 2. The Hall–Kier alpha value is -2.51. The van der Waals surface area contributed by atoms with Gasteiger partial charge in [-0.15, -0.1) is 0 Å². The molecule has 142 valence electrons. The van der Waals surface area contributed by atoms with Crippen LogP contribution in [0.1, 0.15) is 41.3 Å². The van der Waals surface area contributed by atoms with Crippen molar-refractivity contribution >= 4 is 22.1 Å². The van der Waals surface area contributed by atoms with E-state index in [2.05, 4.69) is 17.5 Å². The van der Waals surface area contributed by atoms with Gasteiger partial charge in [0.2, 0.25) is 10.0 Å². The van der Waals surface area contributed by atoms with Crippen molar-refractivity contribution in [3.8, 4) is 0 Å². The van der Waals surface area contributed by atoms with Gasteiger partial charge >= 0.3 is 0 Å². The maximum atomic E-state index is 12.6. The van der Waals surface area contributed by atoms with Gasteiger partial charge in [0.15, 0.2) is 0 Å². The normalized spacial score (nSPS) is 15.3. The van der Waals surface area contributed by atoms with Gasteiger partial charge in [0, 0.05) is 18.7 Å². The second-order valence-electron chi connectivity index (χ2n) is 6.43. The minimum absolute atomic E-state index is 0.135. The van der Waals surface area contributed by atoms with E-state index in [1.54, 1.807) is 18.3 Å². The van der Waals surface area contributed by atoms with Gasteiger partial charge in [-0.1, -0.05) is 37.3 Å². The number of hydrogen-bond acceptors (Lipinski definition) is 4. The summed E-state index contributed by atoms with van der Waals surface area (Å²) in [6.07, 6.45) is 4.26. The van der Waals surface area contributed by atoms with Crippen molar-refractivity contribution in [3.63, 3.8) is 0 Å². The number of hydrazone groups is 1. The fourth-order valence-corrected chi connectivity index (χ4v) is 4.51. The molecule has 0 bridgehead atoms. The van der Waals surface area contributed by atoms with E-state index >= 15 is 0 Å². The van der Waals surface area contributed by atoms with E-state index in [1.807, 2.05) is 24.3 Å². The van der Waals surface area contributed by atoms with E-state index in [-0.39, 0.29) is 10.5 Å². The molecule has 1 fully saturated rings. The summed E-state index contributed by atoms with van der Waals surface area (Å²) in [5, 5.41) is 3.96. The largest absolute Gasteiger partial charge is 0.271 e. The van der Waals surface area contributed by atoms with Crippen molar-refractivity contribution in [1.29, 1.82) is 0 Å². The van der Waals surface area contributed by atoms with Crippen LogP contribution in [0.3, 0.4) is 0 Å². The number of sulfonamides is 1. The van der Waals surface area contributed by atoms with Gasteiger partial charge in [-0.2, -0.15) is 9.41 Å². The maximum absolute atomic E-state index is 12.6. The van der Waals surface area contributed by atoms with Crippen LogP contribution in [0.15, 0.2) is 58.5 Å². The number of carbonyl (C=O) groups excluding carboxylic acids is 1. The Bertz CT molecular complexity index is 931. The third-order valence-electron chi connectivity index (χ3n) is 4.57. The smallest absolute Gasteiger partial charge is 0.267 e. The fraction of sp³-hybridized carbons (Fsp3) is 0.300. The van der Waals surface area contributed by atoms with Gasteiger partial charge in [-0.05, 0) is 48.6 Å². The lowest BCUT2D eigenvalue weighted by Gasteiger charge is -2.15. The number of carbonyl (C=O) groups is 1. The molecule has 1 saturated heterocycles. The Labute approximate surface area is 159 Å². The van der Waals surface area contributed by atoms with Gasteiger partial charge in [0.1, 0.15) is 0 Å². The molecule has 0 aromatic heterocycles. The first-order valence-electron chi connectivity index (χ1n) is 9.03. The van der Waals surface area contributed by atoms with Gasteiger partial charge < -0.3 is 0 Å². The molecular formula is C20H23N3O3S. The third kappa shape index (κ3) is 4.61. The predicted molar refractivity (Wildman–Crippen MR) is 105 cm³/mol. The van der Waals surface area contributed by atoms with Crippen LogP contribution < -0.4 is 5.43 Å². The van der Waals surface area contributed by atoms with Crippen LogP contribution in [0.4, 0.5) is 0 Å². The minimum atomic E-state index is -3.55. The molecule has 2 aromatic carbocycles. The average molecular weight is 385 g/mol. The summed E-state index contributed by atoms with van der Waals surface area (Å²) >= 11 is 0. The SMILES string of the molecule is CCc1ccc(/C=N\NC(=O)c2cccc(S(=O)(=O)N3CCCC3)c2)cc1. The molecule has 1 amide bonds. The highest BCUT2D eigenvalue weighted by Crippen LogP contribution is 2.21. The van der Waals surface area contributed by atoms with Crippen LogP contribution >= 0.6 is 0 Å². The third-order valence-corrected chi connectivity index (χ3v) is 6.46. The van der Waals surface area contributed by atoms with Gasteiger partial charge in [0.05, 0.1) is 11.1 Å². The number of rotatable bonds is 6. The van der Waals surface area contributed by atoms with Gasteiger partial charge in [-0.25, -0.2) is 13.8 Å². The van der Waals surface area contributed by atoms with E-state index in [0.717, 1.165) is 24.8 Å². The minimum Gasteiger partial charge on any atom is -0.267 e. The first-order valence-corrected chi connectivity index (χ1v) is 10.5. The first kappa shape index (κ1) is 19.3. The van der Waals surface area contributed by atoms with Crippen molar-refractivity contribution in [1.82, 2.24) is 9.73 Å². The highest BCUT2D eigenvalue weighted by Gasteiger charge is 2.27. The molecule has 0 radical (unpaired) electrons. The van der Waals surface area contributed by atoms with Crippen LogP contribution in [0.5, 0.6) is 0 Å². The van der Waals surface area contributed by atoms with Crippen LogP contribution in [0.2, 0.25) is 0 Å². The highest BCUT2D eigenvalue weighted by atomic mass is 32.2. The monoisotopic (exact) mass is 385 g/mol. The van der Waals surface area contributed by atoms with Crippen LogP contribution in [0.25, 0.3) is 0 Å². The number of amides is 1. The van der Waals surface area contributed by atoms with Crippen LogP contribution in [-0.4, -0.2) is 37.9 Å². The summed E-state index contributed by atoms with van der Waals surface area (Å²) in [6.45, 7) is 3.14.